The van der Waals surface area contributed by atoms with Gasteiger partial charge in [-0.25, -0.2) is 4.98 Å². The summed E-state index contributed by atoms with van der Waals surface area (Å²) in [6.07, 6.45) is 4.28. The van der Waals surface area contributed by atoms with Gasteiger partial charge >= 0.3 is 0 Å². The molecule has 0 N–H and O–H groups in total. The first-order valence-electron chi connectivity index (χ1n) is 9.05. The zero-order valence-corrected chi connectivity index (χ0v) is 15.9. The van der Waals surface area contributed by atoms with Gasteiger partial charge in [0.2, 0.25) is 5.91 Å². The van der Waals surface area contributed by atoms with Crippen LogP contribution in [0.1, 0.15) is 11.3 Å². The van der Waals surface area contributed by atoms with Crippen LogP contribution in [0.5, 0.6) is 0 Å². The highest BCUT2D eigenvalue weighted by Gasteiger charge is 2.22. The Morgan fingerprint density at radius 2 is 2.08 bits per heavy atom. The van der Waals surface area contributed by atoms with Gasteiger partial charge in [-0.2, -0.15) is 0 Å². The second kappa shape index (κ2) is 9.50. The van der Waals surface area contributed by atoms with Gasteiger partial charge in [0.1, 0.15) is 5.82 Å². The van der Waals surface area contributed by atoms with Crippen molar-refractivity contribution in [3.63, 3.8) is 0 Å². The predicted molar refractivity (Wildman–Crippen MR) is 107 cm³/mol. The smallest absolute Gasteiger partial charge is 0.223 e. The lowest BCUT2D eigenvalue weighted by Crippen LogP contribution is -2.49. The number of hydrogen-bond acceptors (Lipinski definition) is 5. The monoisotopic (exact) mass is 370 g/mol. The maximum Gasteiger partial charge on any atom is 0.223 e. The highest BCUT2D eigenvalue weighted by atomic mass is 32.1. The number of nitrogens with zero attached hydrogens (tertiary/aromatic N) is 4. The van der Waals surface area contributed by atoms with Crippen LogP contribution in [0.4, 0.5) is 5.82 Å². The average molecular weight is 371 g/mol. The Balaban J connectivity index is 1.45. The lowest BCUT2D eigenvalue weighted by atomic mass is 10.2. The number of carbonyl (C=O) groups excluding carboxylic acids is 1. The van der Waals surface area contributed by atoms with Gasteiger partial charge in [-0.1, -0.05) is 18.2 Å². The number of hydrogen-bond donors (Lipinski definition) is 0. The third kappa shape index (κ3) is 5.16. The number of piperazine rings is 1. The predicted octanol–water partition coefficient (Wildman–Crippen LogP) is 2.87. The van der Waals surface area contributed by atoms with Crippen molar-refractivity contribution in [2.45, 2.75) is 13.0 Å². The minimum Gasteiger partial charge on any atom is -0.353 e. The van der Waals surface area contributed by atoms with Gasteiger partial charge in [-0.3, -0.25) is 9.69 Å². The summed E-state index contributed by atoms with van der Waals surface area (Å²) in [6.45, 7) is 9.50. The van der Waals surface area contributed by atoms with Crippen LogP contribution in [0.25, 0.3) is 0 Å². The quantitative estimate of drug-likeness (QED) is 0.670. The van der Waals surface area contributed by atoms with E-state index < -0.39 is 0 Å². The molecular formula is C20H26N4OS. The molecule has 3 rings (SSSR count). The molecule has 0 aromatic carbocycles. The number of aromatic nitrogens is 1. The summed E-state index contributed by atoms with van der Waals surface area (Å²) in [4.78, 5) is 24.8. The largest absolute Gasteiger partial charge is 0.353 e. The molecule has 0 atom stereocenters. The number of rotatable bonds is 8. The molecule has 0 spiro atoms. The summed E-state index contributed by atoms with van der Waals surface area (Å²) in [5.41, 5.74) is 0. The van der Waals surface area contributed by atoms with E-state index in [0.29, 0.717) is 6.42 Å². The molecule has 1 aliphatic heterocycles. The summed E-state index contributed by atoms with van der Waals surface area (Å²) < 4.78 is 0. The second-order valence-electron chi connectivity index (χ2n) is 6.41. The van der Waals surface area contributed by atoms with E-state index in [4.69, 9.17) is 0 Å². The molecule has 5 nitrogen and oxygen atoms in total. The summed E-state index contributed by atoms with van der Waals surface area (Å²) in [5.74, 6) is 1.23. The van der Waals surface area contributed by atoms with Gasteiger partial charge < -0.3 is 9.80 Å². The van der Waals surface area contributed by atoms with Crippen molar-refractivity contribution < 1.29 is 4.79 Å². The molecule has 0 aliphatic carbocycles. The van der Waals surface area contributed by atoms with Crippen LogP contribution in [-0.4, -0.2) is 60.0 Å². The van der Waals surface area contributed by atoms with E-state index in [1.54, 1.807) is 11.3 Å². The van der Waals surface area contributed by atoms with Gasteiger partial charge in [0.25, 0.3) is 0 Å². The Bertz CT molecular complexity index is 681. The van der Waals surface area contributed by atoms with Crippen LogP contribution in [0.15, 0.2) is 54.6 Å². The van der Waals surface area contributed by atoms with Gasteiger partial charge in [-0.05, 0) is 23.6 Å². The molecule has 1 saturated heterocycles. The first kappa shape index (κ1) is 18.6. The molecule has 2 aromatic heterocycles. The lowest BCUT2D eigenvalue weighted by molar-refractivity contribution is -0.131. The van der Waals surface area contributed by atoms with Crippen molar-refractivity contribution in [3.8, 4) is 0 Å². The molecule has 2 aromatic rings. The Kier molecular flexibility index (Phi) is 6.80. The van der Waals surface area contributed by atoms with Gasteiger partial charge in [0, 0.05) is 63.3 Å². The Labute approximate surface area is 159 Å². The summed E-state index contributed by atoms with van der Waals surface area (Å²) in [5, 5.41) is 2.09. The fourth-order valence-electron chi connectivity index (χ4n) is 3.18. The molecule has 0 bridgehead atoms. The average Bonchev–Trinajstić information content (AvgIpc) is 3.20. The van der Waals surface area contributed by atoms with E-state index in [2.05, 4.69) is 38.9 Å². The van der Waals surface area contributed by atoms with Crippen molar-refractivity contribution in [2.24, 2.45) is 0 Å². The van der Waals surface area contributed by atoms with E-state index in [1.807, 2.05) is 35.4 Å². The van der Waals surface area contributed by atoms with Gasteiger partial charge in [0.05, 0.1) is 0 Å². The van der Waals surface area contributed by atoms with Crippen LogP contribution in [0.3, 0.4) is 0 Å². The molecule has 0 radical (unpaired) electrons. The summed E-state index contributed by atoms with van der Waals surface area (Å²) in [6, 6.07) is 10.2. The molecule has 0 saturated carbocycles. The Hall–Kier alpha value is -2.18. The maximum atomic E-state index is 12.6. The van der Waals surface area contributed by atoms with Crippen LogP contribution in [-0.2, 0) is 11.3 Å². The van der Waals surface area contributed by atoms with Gasteiger partial charge in [-0.15, -0.1) is 17.9 Å². The molecule has 1 aliphatic rings. The fraction of sp³-hybridized carbons (Fsp3) is 0.400. The third-order valence-electron chi connectivity index (χ3n) is 4.59. The first-order valence-corrected chi connectivity index (χ1v) is 9.93. The molecule has 138 valence electrons. The number of thiophene rings is 1. The number of carbonyl (C=O) groups is 1. The molecule has 26 heavy (non-hydrogen) atoms. The van der Waals surface area contributed by atoms with E-state index in [-0.39, 0.29) is 5.91 Å². The normalized spacial score (nSPS) is 14.7. The third-order valence-corrected chi connectivity index (χ3v) is 5.46. The standard InChI is InChI=1S/C20H26N4OS/c1-2-10-22(17-18-6-5-16-26-18)11-8-20(25)24-14-12-23(13-15-24)19-7-3-4-9-21-19/h2-7,9,16H,1,8,10-15,17H2. The minimum absolute atomic E-state index is 0.242. The lowest BCUT2D eigenvalue weighted by Gasteiger charge is -2.35. The van der Waals surface area contributed by atoms with Crippen LogP contribution in [0.2, 0.25) is 0 Å². The second-order valence-corrected chi connectivity index (χ2v) is 7.44. The van der Waals surface area contributed by atoms with Crippen molar-refractivity contribution in [2.75, 3.05) is 44.2 Å². The fourth-order valence-corrected chi connectivity index (χ4v) is 3.92. The summed E-state index contributed by atoms with van der Waals surface area (Å²) in [7, 11) is 0. The zero-order chi connectivity index (χ0) is 18.2. The zero-order valence-electron chi connectivity index (χ0n) is 15.1. The molecule has 6 heteroatoms. The maximum absolute atomic E-state index is 12.6. The number of amides is 1. The first-order chi connectivity index (χ1) is 12.8. The highest BCUT2D eigenvalue weighted by Crippen LogP contribution is 2.14. The Morgan fingerprint density at radius 3 is 2.73 bits per heavy atom. The topological polar surface area (TPSA) is 39.7 Å². The van der Waals surface area contributed by atoms with E-state index in [9.17, 15) is 4.79 Å². The van der Waals surface area contributed by atoms with E-state index in [0.717, 1.165) is 51.6 Å². The molecule has 1 amide bonds. The molecule has 0 unspecified atom stereocenters. The minimum atomic E-state index is 0.242. The number of anilines is 1. The number of pyridine rings is 1. The van der Waals surface area contributed by atoms with Crippen molar-refractivity contribution in [3.05, 3.63) is 59.4 Å². The molecular weight excluding hydrogens is 344 g/mol. The van der Waals surface area contributed by atoms with Crippen LogP contribution in [0, 0.1) is 0 Å². The van der Waals surface area contributed by atoms with Crippen molar-refractivity contribution in [1.29, 1.82) is 0 Å². The SMILES string of the molecule is C=CCN(CCC(=O)N1CCN(c2ccccn2)CC1)Cc1cccs1. The van der Waals surface area contributed by atoms with Crippen LogP contribution >= 0.6 is 11.3 Å². The van der Waals surface area contributed by atoms with E-state index >= 15 is 0 Å². The van der Waals surface area contributed by atoms with Crippen molar-refractivity contribution in [1.82, 2.24) is 14.8 Å². The van der Waals surface area contributed by atoms with Gasteiger partial charge in [0.15, 0.2) is 0 Å². The highest BCUT2D eigenvalue weighted by molar-refractivity contribution is 7.09. The van der Waals surface area contributed by atoms with E-state index in [1.165, 1.54) is 4.88 Å². The summed E-state index contributed by atoms with van der Waals surface area (Å²) >= 11 is 1.75. The van der Waals surface area contributed by atoms with Crippen LogP contribution < -0.4 is 4.90 Å². The molecule has 1 fully saturated rings. The van der Waals surface area contributed by atoms with Crippen molar-refractivity contribution >= 4 is 23.1 Å². The molecule has 3 heterocycles. The Morgan fingerprint density at radius 1 is 1.23 bits per heavy atom.